The Morgan fingerprint density at radius 2 is 1.73 bits per heavy atom. The molecule has 2 unspecified atom stereocenters. The monoisotopic (exact) mass is 434 g/mol. The van der Waals surface area contributed by atoms with Crippen molar-refractivity contribution < 1.29 is 23.9 Å². The van der Waals surface area contributed by atoms with E-state index in [0.717, 1.165) is 5.56 Å². The molecular weight excluding hydrogens is 420 g/mol. The molecule has 0 radical (unpaired) electrons. The lowest BCUT2D eigenvalue weighted by molar-refractivity contribution is -0.154. The van der Waals surface area contributed by atoms with Crippen LogP contribution in [0.1, 0.15) is 23.7 Å². The number of methoxy groups -OCH3 is 1. The molecule has 0 aromatic heterocycles. The molecule has 0 fully saturated rings. The van der Waals surface area contributed by atoms with Gasteiger partial charge in [-0.05, 0) is 24.6 Å². The normalized spacial score (nSPS) is 13.1. The second-order valence-corrected chi connectivity index (χ2v) is 6.34. The van der Waals surface area contributed by atoms with Crippen LogP contribution in [0.2, 0.25) is 0 Å². The van der Waals surface area contributed by atoms with Gasteiger partial charge in [-0.3, -0.25) is 9.59 Å². The maximum Gasteiger partial charge on any atom is 0.375 e. The predicted molar refractivity (Wildman–Crippen MR) is 88.6 cm³/mol. The molecule has 1 rings (SSSR count). The fourth-order valence-corrected chi connectivity index (χ4v) is 2.73. The number of hydrogen-bond donors (Lipinski definition) is 0. The summed E-state index contributed by atoms with van der Waals surface area (Å²) in [6, 6.07) is 7.18. The van der Waals surface area contributed by atoms with E-state index in [1.807, 2.05) is 12.1 Å². The number of ketones is 2. The van der Waals surface area contributed by atoms with Crippen LogP contribution in [0, 0.1) is 0 Å². The van der Waals surface area contributed by atoms with Gasteiger partial charge in [0.25, 0.3) is 0 Å². The Bertz CT molecular complexity index is 541. The van der Waals surface area contributed by atoms with Gasteiger partial charge in [0, 0.05) is 0 Å². The first-order valence-corrected chi connectivity index (χ1v) is 8.38. The standard InChI is InChI=1S/C15H16Br2O5/c1-3-22-15(20)12(19)8-11(18)14(17)13(16)9-4-6-10(21-2)7-5-9/h4-7,13-14H,3,8H2,1-2H3. The van der Waals surface area contributed by atoms with Crippen LogP contribution >= 0.6 is 31.9 Å². The number of carbonyl (C=O) groups excluding carboxylic acids is 3. The second kappa shape index (κ2) is 9.05. The molecule has 0 heterocycles. The summed E-state index contributed by atoms with van der Waals surface area (Å²) in [5.41, 5.74) is 0.847. The van der Waals surface area contributed by atoms with Crippen molar-refractivity contribution in [3.63, 3.8) is 0 Å². The maximum absolute atomic E-state index is 12.1. The van der Waals surface area contributed by atoms with E-state index in [-0.39, 0.29) is 11.4 Å². The zero-order chi connectivity index (χ0) is 16.7. The number of carbonyl (C=O) groups is 3. The molecule has 2 atom stereocenters. The predicted octanol–water partition coefficient (Wildman–Crippen LogP) is 2.99. The van der Waals surface area contributed by atoms with E-state index < -0.39 is 28.8 Å². The molecule has 5 nitrogen and oxygen atoms in total. The van der Waals surface area contributed by atoms with Crippen LogP contribution in [0.25, 0.3) is 0 Å². The van der Waals surface area contributed by atoms with Crippen LogP contribution in [0.4, 0.5) is 0 Å². The second-order valence-electron chi connectivity index (χ2n) is 4.36. The molecule has 1 aromatic carbocycles. The molecule has 0 aliphatic rings. The minimum absolute atomic E-state index is 0.101. The van der Waals surface area contributed by atoms with Gasteiger partial charge < -0.3 is 9.47 Å². The zero-order valence-corrected chi connectivity index (χ0v) is 15.3. The summed E-state index contributed by atoms with van der Waals surface area (Å²) in [5.74, 6) is -1.51. The van der Waals surface area contributed by atoms with Crippen LogP contribution in [-0.2, 0) is 19.1 Å². The van der Waals surface area contributed by atoms with Crippen LogP contribution < -0.4 is 4.74 Å². The molecule has 0 N–H and O–H groups in total. The highest BCUT2D eigenvalue weighted by Gasteiger charge is 2.29. The Kier molecular flexibility index (Phi) is 7.75. The smallest absolute Gasteiger partial charge is 0.375 e. The Morgan fingerprint density at radius 3 is 2.23 bits per heavy atom. The molecule has 0 saturated carbocycles. The van der Waals surface area contributed by atoms with Gasteiger partial charge in [0.1, 0.15) is 5.75 Å². The van der Waals surface area contributed by atoms with Crippen molar-refractivity contribution >= 4 is 49.4 Å². The lowest BCUT2D eigenvalue weighted by atomic mass is 10.0. The topological polar surface area (TPSA) is 69.7 Å². The SMILES string of the molecule is CCOC(=O)C(=O)CC(=O)C(Br)C(Br)c1ccc(OC)cc1. The molecule has 0 bridgehead atoms. The minimum Gasteiger partial charge on any atom is -0.497 e. The molecule has 0 spiro atoms. The maximum atomic E-state index is 12.1. The average molecular weight is 436 g/mol. The highest BCUT2D eigenvalue weighted by molar-refractivity contribution is 9.12. The number of esters is 1. The fourth-order valence-electron chi connectivity index (χ4n) is 1.66. The molecule has 0 saturated heterocycles. The fraction of sp³-hybridized carbons (Fsp3) is 0.400. The van der Waals surface area contributed by atoms with Crippen LogP contribution in [-0.4, -0.2) is 36.1 Å². The van der Waals surface area contributed by atoms with Crippen molar-refractivity contribution in [1.82, 2.24) is 0 Å². The molecule has 0 amide bonds. The number of hydrogen-bond acceptors (Lipinski definition) is 5. The molecule has 120 valence electrons. The van der Waals surface area contributed by atoms with Crippen molar-refractivity contribution in [3.05, 3.63) is 29.8 Å². The van der Waals surface area contributed by atoms with Crippen molar-refractivity contribution in [3.8, 4) is 5.75 Å². The minimum atomic E-state index is -0.980. The Balaban J connectivity index is 2.68. The van der Waals surface area contributed by atoms with Crippen LogP contribution in [0.5, 0.6) is 5.75 Å². The largest absolute Gasteiger partial charge is 0.497 e. The molecule has 1 aromatic rings. The van der Waals surface area contributed by atoms with Gasteiger partial charge in [0.2, 0.25) is 5.78 Å². The number of rotatable bonds is 8. The highest BCUT2D eigenvalue weighted by atomic mass is 79.9. The molecule has 0 aliphatic heterocycles. The van der Waals surface area contributed by atoms with Gasteiger partial charge in [-0.25, -0.2) is 4.79 Å². The van der Waals surface area contributed by atoms with Gasteiger partial charge in [0.05, 0.1) is 29.8 Å². The third-order valence-corrected chi connectivity index (χ3v) is 5.64. The molecule has 22 heavy (non-hydrogen) atoms. The van der Waals surface area contributed by atoms with E-state index in [2.05, 4.69) is 36.6 Å². The molecule has 0 aliphatic carbocycles. The summed E-state index contributed by atoms with van der Waals surface area (Å²) in [5, 5.41) is 0. The van der Waals surface area contributed by atoms with Crippen molar-refractivity contribution in [1.29, 1.82) is 0 Å². The van der Waals surface area contributed by atoms with Gasteiger partial charge in [-0.15, -0.1) is 0 Å². The molecular formula is C15H16Br2O5. The quantitative estimate of drug-likeness (QED) is 0.271. The average Bonchev–Trinajstić information content (AvgIpc) is 2.53. The number of benzene rings is 1. The van der Waals surface area contributed by atoms with E-state index >= 15 is 0 Å². The first kappa shape index (κ1) is 18.8. The van der Waals surface area contributed by atoms with Gasteiger partial charge in [0.15, 0.2) is 5.78 Å². The summed E-state index contributed by atoms with van der Waals surface area (Å²) in [7, 11) is 1.57. The number of alkyl halides is 2. The number of Topliss-reactive ketones (excluding diaryl/α,β-unsaturated/α-hetero) is 2. The number of halogens is 2. The van der Waals surface area contributed by atoms with Gasteiger partial charge in [-0.1, -0.05) is 44.0 Å². The first-order valence-electron chi connectivity index (χ1n) is 6.55. The van der Waals surface area contributed by atoms with E-state index in [4.69, 9.17) is 4.74 Å². The zero-order valence-electron chi connectivity index (χ0n) is 12.2. The summed E-state index contributed by atoms with van der Waals surface area (Å²) in [4.78, 5) is 33.9. The van der Waals surface area contributed by atoms with Gasteiger partial charge >= 0.3 is 5.97 Å². The summed E-state index contributed by atoms with van der Waals surface area (Å²) in [6.07, 6.45) is -0.493. The van der Waals surface area contributed by atoms with Crippen LogP contribution in [0.15, 0.2) is 24.3 Å². The van der Waals surface area contributed by atoms with E-state index in [0.29, 0.717) is 5.75 Å². The van der Waals surface area contributed by atoms with Gasteiger partial charge in [-0.2, -0.15) is 0 Å². The van der Waals surface area contributed by atoms with Crippen molar-refractivity contribution in [2.75, 3.05) is 13.7 Å². The highest BCUT2D eigenvalue weighted by Crippen LogP contribution is 2.33. The van der Waals surface area contributed by atoms with Crippen molar-refractivity contribution in [2.24, 2.45) is 0 Å². The Morgan fingerprint density at radius 1 is 1.14 bits per heavy atom. The van der Waals surface area contributed by atoms with Crippen molar-refractivity contribution in [2.45, 2.75) is 23.0 Å². The summed E-state index contributed by atoms with van der Waals surface area (Å²) in [6.45, 7) is 1.70. The van der Waals surface area contributed by atoms with Crippen LogP contribution in [0.3, 0.4) is 0 Å². The summed E-state index contributed by atoms with van der Waals surface area (Å²) < 4.78 is 9.64. The summed E-state index contributed by atoms with van der Waals surface area (Å²) >= 11 is 6.69. The van der Waals surface area contributed by atoms with E-state index in [9.17, 15) is 14.4 Å². The lowest BCUT2D eigenvalue weighted by Crippen LogP contribution is -2.26. The Hall–Kier alpha value is -1.21. The van der Waals surface area contributed by atoms with E-state index in [1.165, 1.54) is 0 Å². The Labute approximate surface area is 145 Å². The third kappa shape index (κ3) is 5.21. The third-order valence-electron chi connectivity index (χ3n) is 2.84. The first-order chi connectivity index (χ1) is 10.4. The lowest BCUT2D eigenvalue weighted by Gasteiger charge is -2.16. The number of ether oxygens (including phenoxy) is 2. The van der Waals surface area contributed by atoms with E-state index in [1.54, 1.807) is 26.2 Å². The molecule has 7 heteroatoms.